The number of pyridine rings is 1. The number of esters is 1. The van der Waals surface area contributed by atoms with Crippen LogP contribution in [0.5, 0.6) is 0 Å². The highest BCUT2D eigenvalue weighted by Gasteiger charge is 2.38. The van der Waals surface area contributed by atoms with E-state index in [9.17, 15) is 19.9 Å². The van der Waals surface area contributed by atoms with Gasteiger partial charge < -0.3 is 35.2 Å². The van der Waals surface area contributed by atoms with E-state index in [-0.39, 0.29) is 37.9 Å². The van der Waals surface area contributed by atoms with E-state index >= 15 is 0 Å². The Labute approximate surface area is 237 Å². The third-order valence-corrected chi connectivity index (χ3v) is 7.53. The quantitative estimate of drug-likeness (QED) is 0.145. The lowest BCUT2D eigenvalue weighted by molar-refractivity contribution is -0.645. The third kappa shape index (κ3) is 7.72. The van der Waals surface area contributed by atoms with Crippen molar-refractivity contribution in [2.24, 2.45) is 5.92 Å². The molecule has 1 fully saturated rings. The van der Waals surface area contributed by atoms with Gasteiger partial charge in [-0.2, -0.15) is 4.73 Å². The van der Waals surface area contributed by atoms with Gasteiger partial charge in [-0.25, -0.2) is 4.79 Å². The Morgan fingerprint density at radius 2 is 1.88 bits per heavy atom. The van der Waals surface area contributed by atoms with Crippen LogP contribution < -0.4 is 15.4 Å². The van der Waals surface area contributed by atoms with Crippen LogP contribution in [0.15, 0.2) is 78.0 Å². The molecular formula is C29H33N3O7S. The van der Waals surface area contributed by atoms with Crippen LogP contribution >= 0.6 is 11.8 Å². The summed E-state index contributed by atoms with van der Waals surface area (Å²) in [6, 6.07) is 19.4. The fraction of sp³-hybridized carbons (Fsp3) is 0.345. The molecule has 0 radical (unpaired) electrons. The van der Waals surface area contributed by atoms with Crippen molar-refractivity contribution in [3.63, 3.8) is 0 Å². The summed E-state index contributed by atoms with van der Waals surface area (Å²) in [6.07, 6.45) is 0.128. The number of hydrogen-bond acceptors (Lipinski definition) is 8. The number of aliphatic hydroxyl groups excluding tert-OH is 1. The number of nitrogens with one attached hydrogen (secondary N) is 2. The van der Waals surface area contributed by atoms with Gasteiger partial charge in [0.05, 0.1) is 25.4 Å². The van der Waals surface area contributed by atoms with Crippen molar-refractivity contribution in [2.45, 2.75) is 44.0 Å². The molecule has 1 aliphatic heterocycles. The molecule has 4 rings (SSSR count). The van der Waals surface area contributed by atoms with Crippen LogP contribution in [-0.4, -0.2) is 42.1 Å². The Hall–Kier alpha value is -3.64. The molecular weight excluding hydrogens is 534 g/mol. The number of thioether (sulfide) groups is 1. The topological polar surface area (TPSA) is 133 Å². The number of carbonyl (C=O) groups is 2. The van der Waals surface area contributed by atoms with Crippen LogP contribution in [0.2, 0.25) is 0 Å². The third-order valence-electron chi connectivity index (χ3n) is 6.42. The zero-order valence-electron chi connectivity index (χ0n) is 22.3. The van der Waals surface area contributed by atoms with Crippen LogP contribution in [0.4, 0.5) is 10.5 Å². The van der Waals surface area contributed by atoms with Crippen LogP contribution in [0.1, 0.15) is 42.9 Å². The van der Waals surface area contributed by atoms with Gasteiger partial charge in [0.2, 0.25) is 0 Å². The highest BCUT2D eigenvalue weighted by Crippen LogP contribution is 2.43. The van der Waals surface area contributed by atoms with E-state index in [1.165, 1.54) is 18.0 Å². The van der Waals surface area contributed by atoms with Gasteiger partial charge in [0.1, 0.15) is 6.54 Å². The summed E-state index contributed by atoms with van der Waals surface area (Å²) in [4.78, 5) is 23.8. The molecule has 0 aliphatic carbocycles. The highest BCUT2D eigenvalue weighted by molar-refractivity contribution is 7.99. The second-order valence-electron chi connectivity index (χ2n) is 9.24. The van der Waals surface area contributed by atoms with Crippen molar-refractivity contribution in [3.8, 4) is 0 Å². The number of ether oxygens (including phenoxy) is 3. The van der Waals surface area contributed by atoms with Crippen molar-refractivity contribution < 1.29 is 33.6 Å². The molecule has 10 nitrogen and oxygen atoms in total. The molecule has 212 valence electrons. The number of nitrogens with zero attached hydrogens (tertiary/aromatic N) is 1. The second-order valence-corrected chi connectivity index (χ2v) is 10.3. The lowest BCUT2D eigenvalue weighted by Gasteiger charge is -2.41. The maximum Gasteiger partial charge on any atom is 0.325 e. The zero-order valence-corrected chi connectivity index (χ0v) is 23.1. The fourth-order valence-electron chi connectivity index (χ4n) is 4.30. The predicted molar refractivity (Wildman–Crippen MR) is 149 cm³/mol. The fourth-order valence-corrected chi connectivity index (χ4v) is 5.38. The van der Waals surface area contributed by atoms with E-state index in [1.54, 1.807) is 37.3 Å². The van der Waals surface area contributed by atoms with Gasteiger partial charge in [0, 0.05) is 35.1 Å². The average Bonchev–Trinajstić information content (AvgIpc) is 2.97. The number of hydrogen-bond donors (Lipinski definition) is 3. The molecule has 11 heteroatoms. The monoisotopic (exact) mass is 567 g/mol. The second kappa shape index (κ2) is 14.1. The number of urea groups is 1. The van der Waals surface area contributed by atoms with E-state index < -0.39 is 18.3 Å². The molecule has 3 N–H and O–H groups in total. The number of aromatic nitrogens is 1. The van der Waals surface area contributed by atoms with Crippen molar-refractivity contribution in [3.05, 3.63) is 94.8 Å². The largest absolute Gasteiger partial charge is 0.618 e. The molecule has 0 unspecified atom stereocenters. The summed E-state index contributed by atoms with van der Waals surface area (Å²) in [7, 11) is 0. The molecule has 4 atom stereocenters. The molecule has 3 aromatic rings. The molecule has 0 spiro atoms. The minimum Gasteiger partial charge on any atom is -0.618 e. The Morgan fingerprint density at radius 1 is 1.07 bits per heavy atom. The minimum absolute atomic E-state index is 0.0498. The molecule has 0 saturated carbocycles. The first-order valence-electron chi connectivity index (χ1n) is 13.0. The van der Waals surface area contributed by atoms with Gasteiger partial charge in [0.25, 0.3) is 5.03 Å². The lowest BCUT2D eigenvalue weighted by atomic mass is 9.91. The summed E-state index contributed by atoms with van der Waals surface area (Å²) in [5, 5.41) is 27.4. The zero-order chi connectivity index (χ0) is 28.5. The summed E-state index contributed by atoms with van der Waals surface area (Å²) in [5.74, 6) is -0.0563. The number of aliphatic hydroxyl groups is 1. The van der Waals surface area contributed by atoms with Crippen molar-refractivity contribution in [1.82, 2.24) is 5.32 Å². The molecule has 1 aliphatic rings. The molecule has 40 heavy (non-hydrogen) atoms. The molecule has 0 bridgehead atoms. The maximum atomic E-state index is 12.3. The molecule has 2 heterocycles. The molecule has 2 aromatic carbocycles. The maximum absolute atomic E-state index is 12.3. The summed E-state index contributed by atoms with van der Waals surface area (Å²) in [5.41, 5.74) is 2.94. The van der Waals surface area contributed by atoms with Gasteiger partial charge in [-0.3, -0.25) is 4.79 Å². The van der Waals surface area contributed by atoms with Crippen LogP contribution in [0.25, 0.3) is 0 Å². The Morgan fingerprint density at radius 3 is 2.60 bits per heavy atom. The Bertz CT molecular complexity index is 1290. The van der Waals surface area contributed by atoms with Gasteiger partial charge in [-0.15, -0.1) is 0 Å². The first kappa shape index (κ1) is 29.3. The molecule has 2 amide bonds. The number of benzene rings is 2. The normalized spacial score (nSPS) is 20.5. The van der Waals surface area contributed by atoms with Gasteiger partial charge in [0.15, 0.2) is 12.5 Å². The SMILES string of the molecule is CCOC(=O)CNC(=O)Nc1cccc([C@@H]2O[C@H](CSc3cccc[n+]3[O-])[C@H](C)[C@H](c3ccc(CO)cc3)O2)c1. The van der Waals surface area contributed by atoms with Crippen molar-refractivity contribution in [2.75, 3.05) is 24.2 Å². The highest BCUT2D eigenvalue weighted by atomic mass is 32.2. The van der Waals surface area contributed by atoms with Crippen molar-refractivity contribution in [1.29, 1.82) is 0 Å². The van der Waals surface area contributed by atoms with Crippen LogP contribution in [0, 0.1) is 11.1 Å². The standard InChI is InChI=1S/C29H33N3O7S/c1-3-37-26(34)16-30-29(35)31-23-8-6-7-22(15-23)28-38-24(18-40-25-9-4-5-14-32(25)36)19(2)27(39-28)21-12-10-20(17-33)11-13-21/h4-15,19,24,27-28,33H,3,16-18H2,1-2H3,(H2,30,31,35)/t19-,24+,27+,28+/m0/s1. The van der Waals surface area contributed by atoms with Crippen LogP contribution in [0.3, 0.4) is 0 Å². The van der Waals surface area contributed by atoms with E-state index in [1.807, 2.05) is 43.3 Å². The number of anilines is 1. The number of carbonyl (C=O) groups excluding carboxylic acids is 2. The lowest BCUT2D eigenvalue weighted by Crippen LogP contribution is -2.39. The smallest absolute Gasteiger partial charge is 0.325 e. The van der Waals surface area contributed by atoms with E-state index in [4.69, 9.17) is 14.2 Å². The summed E-state index contributed by atoms with van der Waals surface area (Å²) < 4.78 is 18.5. The van der Waals surface area contributed by atoms with Gasteiger partial charge >= 0.3 is 12.0 Å². The van der Waals surface area contributed by atoms with Crippen molar-refractivity contribution >= 4 is 29.4 Å². The number of amides is 2. The van der Waals surface area contributed by atoms with E-state index in [0.29, 0.717) is 22.0 Å². The van der Waals surface area contributed by atoms with E-state index in [2.05, 4.69) is 10.6 Å². The predicted octanol–water partition coefficient (Wildman–Crippen LogP) is 4.08. The van der Waals surface area contributed by atoms with E-state index in [0.717, 1.165) is 15.9 Å². The molecule has 1 aromatic heterocycles. The summed E-state index contributed by atoms with van der Waals surface area (Å²) in [6.45, 7) is 3.69. The van der Waals surface area contributed by atoms with Gasteiger partial charge in [-0.1, -0.05) is 55.1 Å². The first-order valence-corrected chi connectivity index (χ1v) is 14.0. The average molecular weight is 568 g/mol. The molecule has 1 saturated heterocycles. The summed E-state index contributed by atoms with van der Waals surface area (Å²) >= 11 is 1.41. The minimum atomic E-state index is -0.746. The first-order chi connectivity index (χ1) is 19.4. The Balaban J connectivity index is 1.52. The number of rotatable bonds is 10. The van der Waals surface area contributed by atoms with Crippen LogP contribution in [-0.2, 0) is 25.6 Å². The Kier molecular flexibility index (Phi) is 10.4. The van der Waals surface area contributed by atoms with Gasteiger partial charge in [-0.05, 0) is 36.2 Å².